The molecule has 0 saturated carbocycles. The summed E-state index contributed by atoms with van der Waals surface area (Å²) in [6.07, 6.45) is 0.377. The maximum atomic E-state index is 11.6. The molecule has 0 aliphatic carbocycles. The van der Waals surface area contributed by atoms with Crippen LogP contribution in [0, 0.1) is 13.8 Å². The molecule has 5 heteroatoms. The van der Waals surface area contributed by atoms with Gasteiger partial charge in [0.05, 0.1) is 11.3 Å². The van der Waals surface area contributed by atoms with E-state index in [0.717, 1.165) is 10.5 Å². The van der Waals surface area contributed by atoms with Gasteiger partial charge >= 0.3 is 5.97 Å². The molecule has 1 aromatic carbocycles. The zero-order valence-electron chi connectivity index (χ0n) is 10.2. The van der Waals surface area contributed by atoms with E-state index in [9.17, 15) is 14.4 Å². The SMILES string of the molecule is Cc1cc(N2C(=O)CCC2=O)cc(C(=O)O)c1C. The van der Waals surface area contributed by atoms with E-state index >= 15 is 0 Å². The third kappa shape index (κ3) is 1.88. The molecule has 1 heterocycles. The molecule has 1 N–H and O–H groups in total. The fourth-order valence-electron chi connectivity index (χ4n) is 2.06. The Morgan fingerprint density at radius 3 is 2.22 bits per heavy atom. The summed E-state index contributed by atoms with van der Waals surface area (Å²) in [5.41, 5.74) is 1.86. The second kappa shape index (κ2) is 4.25. The standard InChI is InChI=1S/C13H13NO4/c1-7-5-9(6-10(8(7)2)13(17)18)14-11(15)3-4-12(14)16/h5-6H,3-4H2,1-2H3,(H,17,18). The van der Waals surface area contributed by atoms with Crippen molar-refractivity contribution in [2.24, 2.45) is 0 Å². The number of nitrogens with zero attached hydrogens (tertiary/aromatic N) is 1. The minimum atomic E-state index is -1.06. The maximum Gasteiger partial charge on any atom is 0.336 e. The number of carboxylic acid groups (broad SMARTS) is 1. The number of carboxylic acids is 1. The molecule has 0 atom stereocenters. The van der Waals surface area contributed by atoms with Crippen LogP contribution >= 0.6 is 0 Å². The Kier molecular flexibility index (Phi) is 2.90. The summed E-state index contributed by atoms with van der Waals surface area (Å²) in [6.45, 7) is 3.46. The van der Waals surface area contributed by atoms with E-state index in [0.29, 0.717) is 11.3 Å². The lowest BCUT2D eigenvalue weighted by molar-refractivity contribution is -0.121. The smallest absolute Gasteiger partial charge is 0.336 e. The van der Waals surface area contributed by atoms with E-state index in [1.54, 1.807) is 19.9 Å². The Hall–Kier alpha value is -2.17. The zero-order chi connectivity index (χ0) is 13.4. The molecule has 0 aromatic heterocycles. The fourth-order valence-corrected chi connectivity index (χ4v) is 2.06. The summed E-state index contributed by atoms with van der Waals surface area (Å²) in [5.74, 6) is -1.62. The molecule has 2 rings (SSSR count). The highest BCUT2D eigenvalue weighted by Gasteiger charge is 2.31. The van der Waals surface area contributed by atoms with Gasteiger partial charge in [-0.1, -0.05) is 0 Å². The van der Waals surface area contributed by atoms with Crippen molar-refractivity contribution in [3.8, 4) is 0 Å². The lowest BCUT2D eigenvalue weighted by atomic mass is 10.0. The van der Waals surface area contributed by atoms with E-state index < -0.39 is 5.97 Å². The molecule has 0 spiro atoms. The molecule has 18 heavy (non-hydrogen) atoms. The Morgan fingerprint density at radius 1 is 1.17 bits per heavy atom. The van der Waals surface area contributed by atoms with Crippen molar-refractivity contribution in [1.82, 2.24) is 0 Å². The third-order valence-electron chi connectivity index (χ3n) is 3.19. The van der Waals surface area contributed by atoms with Crippen molar-refractivity contribution in [3.63, 3.8) is 0 Å². The number of carbonyl (C=O) groups is 3. The van der Waals surface area contributed by atoms with Crippen LogP contribution in [-0.2, 0) is 9.59 Å². The molecule has 0 radical (unpaired) electrons. The van der Waals surface area contributed by atoms with Crippen LogP contribution in [0.5, 0.6) is 0 Å². The van der Waals surface area contributed by atoms with Crippen molar-refractivity contribution in [2.45, 2.75) is 26.7 Å². The van der Waals surface area contributed by atoms with Gasteiger partial charge in [0.2, 0.25) is 11.8 Å². The van der Waals surface area contributed by atoms with Crippen molar-refractivity contribution >= 4 is 23.5 Å². The summed E-state index contributed by atoms with van der Waals surface area (Å²) < 4.78 is 0. The van der Waals surface area contributed by atoms with E-state index in [2.05, 4.69) is 0 Å². The summed E-state index contributed by atoms with van der Waals surface area (Å²) in [7, 11) is 0. The molecule has 0 unspecified atom stereocenters. The number of imide groups is 1. The Labute approximate surface area is 104 Å². The van der Waals surface area contributed by atoms with Crippen LogP contribution in [0.4, 0.5) is 5.69 Å². The molecule has 5 nitrogen and oxygen atoms in total. The van der Waals surface area contributed by atoms with E-state index in [4.69, 9.17) is 5.11 Å². The summed E-state index contributed by atoms with van der Waals surface area (Å²) in [5, 5.41) is 9.10. The van der Waals surface area contributed by atoms with Gasteiger partial charge in [0.25, 0.3) is 0 Å². The number of amides is 2. The number of rotatable bonds is 2. The van der Waals surface area contributed by atoms with Gasteiger partial charge in [-0.05, 0) is 37.1 Å². The quantitative estimate of drug-likeness (QED) is 0.806. The number of hydrogen-bond donors (Lipinski definition) is 1. The molecule has 1 aliphatic heterocycles. The Balaban J connectivity index is 2.56. The second-order valence-corrected chi connectivity index (χ2v) is 4.36. The number of carbonyl (C=O) groups excluding carboxylic acids is 2. The van der Waals surface area contributed by atoms with Crippen molar-refractivity contribution in [1.29, 1.82) is 0 Å². The first kappa shape index (κ1) is 12.3. The van der Waals surface area contributed by atoms with Crippen LogP contribution in [0.1, 0.15) is 34.3 Å². The van der Waals surface area contributed by atoms with E-state index in [1.165, 1.54) is 6.07 Å². The number of anilines is 1. The molecular weight excluding hydrogens is 234 g/mol. The molecule has 1 aromatic rings. The van der Waals surface area contributed by atoms with E-state index in [-0.39, 0.29) is 30.2 Å². The van der Waals surface area contributed by atoms with E-state index in [1.807, 2.05) is 0 Å². The van der Waals surface area contributed by atoms with Crippen molar-refractivity contribution in [2.75, 3.05) is 4.90 Å². The second-order valence-electron chi connectivity index (χ2n) is 4.36. The lowest BCUT2D eigenvalue weighted by Crippen LogP contribution is -2.29. The maximum absolute atomic E-state index is 11.6. The van der Waals surface area contributed by atoms with Gasteiger partial charge < -0.3 is 5.11 Å². The largest absolute Gasteiger partial charge is 0.478 e. The molecule has 1 aliphatic rings. The van der Waals surface area contributed by atoms with Gasteiger partial charge in [-0.3, -0.25) is 14.5 Å². The Bertz CT molecular complexity index is 546. The minimum absolute atomic E-state index is 0.123. The third-order valence-corrected chi connectivity index (χ3v) is 3.19. The highest BCUT2D eigenvalue weighted by atomic mass is 16.4. The fraction of sp³-hybridized carbons (Fsp3) is 0.308. The summed E-state index contributed by atoms with van der Waals surface area (Å²) >= 11 is 0. The molecule has 94 valence electrons. The predicted molar refractivity (Wildman–Crippen MR) is 64.6 cm³/mol. The highest BCUT2D eigenvalue weighted by molar-refractivity contribution is 6.20. The first-order valence-electron chi connectivity index (χ1n) is 5.62. The molecular formula is C13H13NO4. The molecule has 1 fully saturated rings. The van der Waals surface area contributed by atoms with Crippen LogP contribution in [0.3, 0.4) is 0 Å². The van der Waals surface area contributed by atoms with Gasteiger partial charge in [-0.2, -0.15) is 0 Å². The highest BCUT2D eigenvalue weighted by Crippen LogP contribution is 2.27. The van der Waals surface area contributed by atoms with Gasteiger partial charge in [0.15, 0.2) is 0 Å². The first-order chi connectivity index (χ1) is 8.41. The number of aromatic carboxylic acids is 1. The van der Waals surface area contributed by atoms with Crippen LogP contribution in [0.15, 0.2) is 12.1 Å². The number of benzene rings is 1. The predicted octanol–water partition coefficient (Wildman–Crippen LogP) is 1.66. The first-order valence-corrected chi connectivity index (χ1v) is 5.62. The molecule has 2 amide bonds. The van der Waals surface area contributed by atoms with Crippen LogP contribution < -0.4 is 4.90 Å². The van der Waals surface area contributed by atoms with Crippen LogP contribution in [-0.4, -0.2) is 22.9 Å². The summed E-state index contributed by atoms with van der Waals surface area (Å²) in [6, 6.07) is 3.05. The monoisotopic (exact) mass is 247 g/mol. The lowest BCUT2D eigenvalue weighted by Gasteiger charge is -2.16. The average molecular weight is 247 g/mol. The van der Waals surface area contributed by atoms with Gasteiger partial charge in [-0.25, -0.2) is 4.79 Å². The van der Waals surface area contributed by atoms with Crippen molar-refractivity contribution < 1.29 is 19.5 Å². The average Bonchev–Trinajstić information content (AvgIpc) is 2.62. The van der Waals surface area contributed by atoms with Crippen molar-refractivity contribution in [3.05, 3.63) is 28.8 Å². The molecule has 1 saturated heterocycles. The topological polar surface area (TPSA) is 74.7 Å². The molecule has 0 bridgehead atoms. The van der Waals surface area contributed by atoms with Crippen LogP contribution in [0.25, 0.3) is 0 Å². The number of hydrogen-bond acceptors (Lipinski definition) is 3. The van der Waals surface area contributed by atoms with Crippen LogP contribution in [0.2, 0.25) is 0 Å². The zero-order valence-corrected chi connectivity index (χ0v) is 10.2. The van der Waals surface area contributed by atoms with Gasteiger partial charge in [-0.15, -0.1) is 0 Å². The normalized spacial score (nSPS) is 15.3. The minimum Gasteiger partial charge on any atom is -0.478 e. The number of aryl methyl sites for hydroxylation is 1. The van der Waals surface area contributed by atoms with Gasteiger partial charge in [0, 0.05) is 12.8 Å². The van der Waals surface area contributed by atoms with Gasteiger partial charge in [0.1, 0.15) is 0 Å². The summed E-state index contributed by atoms with van der Waals surface area (Å²) in [4.78, 5) is 35.4. The Morgan fingerprint density at radius 2 is 1.72 bits per heavy atom.